The molecule has 0 saturated carbocycles. The second kappa shape index (κ2) is 13.9. The van der Waals surface area contributed by atoms with Gasteiger partial charge in [-0.3, -0.25) is 9.59 Å². The molecule has 0 spiro atoms. The molecule has 0 aliphatic heterocycles. The maximum absolute atomic E-state index is 13.7. The van der Waals surface area contributed by atoms with Gasteiger partial charge in [-0.25, -0.2) is 4.79 Å². The molecule has 8 heteroatoms. The van der Waals surface area contributed by atoms with Gasteiger partial charge in [0.25, 0.3) is 0 Å². The van der Waals surface area contributed by atoms with Crippen molar-refractivity contribution >= 4 is 17.9 Å². The van der Waals surface area contributed by atoms with Gasteiger partial charge < -0.3 is 25.4 Å². The van der Waals surface area contributed by atoms with Crippen molar-refractivity contribution in [1.82, 2.24) is 15.5 Å². The van der Waals surface area contributed by atoms with Crippen LogP contribution in [0.4, 0.5) is 4.79 Å². The van der Waals surface area contributed by atoms with Crippen LogP contribution in [0.5, 0.6) is 0 Å². The van der Waals surface area contributed by atoms with Crippen LogP contribution in [0.3, 0.4) is 0 Å². The van der Waals surface area contributed by atoms with Gasteiger partial charge in [-0.2, -0.15) is 0 Å². The minimum absolute atomic E-state index is 0.0565. The van der Waals surface area contributed by atoms with Crippen molar-refractivity contribution in [2.24, 2.45) is 5.92 Å². The summed E-state index contributed by atoms with van der Waals surface area (Å²) in [5, 5.41) is 15.4. The first kappa shape index (κ1) is 29.4. The lowest BCUT2D eigenvalue weighted by Crippen LogP contribution is -2.55. The average molecular weight is 478 g/mol. The Morgan fingerprint density at radius 3 is 2.35 bits per heavy atom. The maximum atomic E-state index is 13.7. The van der Waals surface area contributed by atoms with Crippen molar-refractivity contribution in [2.75, 3.05) is 19.7 Å². The van der Waals surface area contributed by atoms with Crippen LogP contribution in [-0.4, -0.2) is 59.3 Å². The summed E-state index contributed by atoms with van der Waals surface area (Å²) in [6, 6.07) is 5.54. The summed E-state index contributed by atoms with van der Waals surface area (Å²) >= 11 is 0. The van der Waals surface area contributed by atoms with Gasteiger partial charge in [-0.15, -0.1) is 0 Å². The lowest BCUT2D eigenvalue weighted by Gasteiger charge is -2.35. The molecule has 0 fully saturated rings. The van der Waals surface area contributed by atoms with E-state index in [2.05, 4.69) is 17.6 Å². The predicted molar refractivity (Wildman–Crippen MR) is 133 cm³/mol. The molecule has 2 unspecified atom stereocenters. The van der Waals surface area contributed by atoms with E-state index in [1.165, 1.54) is 4.90 Å². The molecule has 0 aliphatic rings. The number of hydrogen-bond acceptors (Lipinski definition) is 5. The van der Waals surface area contributed by atoms with E-state index in [0.29, 0.717) is 12.1 Å². The molecule has 1 rings (SSSR count). The van der Waals surface area contributed by atoms with Gasteiger partial charge >= 0.3 is 6.09 Å². The van der Waals surface area contributed by atoms with Crippen molar-refractivity contribution < 1.29 is 24.2 Å². The van der Waals surface area contributed by atoms with E-state index in [1.807, 2.05) is 39.0 Å². The number of nitrogens with one attached hydrogen (secondary N) is 2. The molecule has 2 atom stereocenters. The number of unbranched alkanes of at least 4 members (excludes halogenated alkanes) is 2. The predicted octanol–water partition coefficient (Wildman–Crippen LogP) is 3.71. The molecule has 0 bridgehead atoms. The van der Waals surface area contributed by atoms with Crippen LogP contribution >= 0.6 is 0 Å². The number of aryl methyl sites for hydroxylation is 1. The fourth-order valence-electron chi connectivity index (χ4n) is 3.60. The van der Waals surface area contributed by atoms with Gasteiger partial charge in [-0.1, -0.05) is 63.4 Å². The number of aliphatic hydroxyl groups is 1. The van der Waals surface area contributed by atoms with Crippen molar-refractivity contribution in [1.29, 1.82) is 0 Å². The van der Waals surface area contributed by atoms with E-state index in [0.717, 1.165) is 24.8 Å². The van der Waals surface area contributed by atoms with Crippen LogP contribution in [-0.2, 0) is 14.3 Å². The maximum Gasteiger partial charge on any atom is 0.408 e. The van der Waals surface area contributed by atoms with Crippen molar-refractivity contribution in [2.45, 2.75) is 85.4 Å². The van der Waals surface area contributed by atoms with Gasteiger partial charge in [0, 0.05) is 13.1 Å². The normalized spacial score (nSPS) is 13.2. The molecular formula is C26H43N3O5. The molecule has 0 saturated heterocycles. The second-order valence-corrected chi connectivity index (χ2v) is 9.94. The second-order valence-electron chi connectivity index (χ2n) is 9.94. The Morgan fingerprint density at radius 1 is 1.15 bits per heavy atom. The minimum atomic E-state index is -0.942. The highest BCUT2D eigenvalue weighted by atomic mass is 16.6. The number of rotatable bonds is 12. The summed E-state index contributed by atoms with van der Waals surface area (Å²) in [6.45, 7) is 13.0. The van der Waals surface area contributed by atoms with E-state index in [4.69, 9.17) is 4.74 Å². The minimum Gasteiger partial charge on any atom is -0.444 e. The van der Waals surface area contributed by atoms with Gasteiger partial charge in [0.05, 0.1) is 6.61 Å². The molecule has 0 aromatic heterocycles. The molecule has 0 heterocycles. The fourth-order valence-corrected chi connectivity index (χ4v) is 3.60. The number of hydrogen-bond donors (Lipinski definition) is 3. The molecule has 3 amide bonds. The third kappa shape index (κ3) is 9.71. The Kier molecular flexibility index (Phi) is 12.1. The van der Waals surface area contributed by atoms with Crippen molar-refractivity contribution in [3.05, 3.63) is 35.4 Å². The molecule has 0 radical (unpaired) electrons. The Morgan fingerprint density at radius 2 is 1.82 bits per heavy atom. The zero-order valence-electron chi connectivity index (χ0n) is 21.8. The molecule has 34 heavy (non-hydrogen) atoms. The average Bonchev–Trinajstić information content (AvgIpc) is 2.73. The number of ether oxygens (including phenoxy) is 1. The van der Waals surface area contributed by atoms with E-state index >= 15 is 0 Å². The third-order valence-electron chi connectivity index (χ3n) is 5.23. The molecule has 3 N–H and O–H groups in total. The van der Waals surface area contributed by atoms with Crippen molar-refractivity contribution in [3.63, 3.8) is 0 Å². The standard InChI is InChI=1S/C26H43N3O5/c1-8-9-10-14-27-23(31)22(20-13-11-12-19(4)17-20)29(15-16-30)24(32)21(18(2)3)28-25(33)34-26(5,6)7/h11-13,17-18,21-22,30H,8-10,14-16H2,1-7H3,(H,27,31)(H,28,33). The molecular weight excluding hydrogens is 434 g/mol. The monoisotopic (exact) mass is 477 g/mol. The largest absolute Gasteiger partial charge is 0.444 e. The number of carbonyl (C=O) groups excluding carboxylic acids is 3. The molecule has 8 nitrogen and oxygen atoms in total. The smallest absolute Gasteiger partial charge is 0.408 e. The third-order valence-corrected chi connectivity index (χ3v) is 5.23. The van der Waals surface area contributed by atoms with Crippen LogP contribution in [0.15, 0.2) is 24.3 Å². The van der Waals surface area contributed by atoms with E-state index in [1.54, 1.807) is 26.8 Å². The highest BCUT2D eigenvalue weighted by Crippen LogP contribution is 2.24. The van der Waals surface area contributed by atoms with Crippen LogP contribution in [0.1, 0.15) is 78.0 Å². The summed E-state index contributed by atoms with van der Waals surface area (Å²) < 4.78 is 5.34. The summed E-state index contributed by atoms with van der Waals surface area (Å²) in [5.74, 6) is -1.04. The van der Waals surface area contributed by atoms with Gasteiger partial charge in [0.1, 0.15) is 17.7 Å². The Bertz CT molecular complexity index is 804. The lowest BCUT2D eigenvalue weighted by atomic mass is 9.98. The Balaban J connectivity index is 3.31. The first-order valence-corrected chi connectivity index (χ1v) is 12.2. The van der Waals surface area contributed by atoms with Crippen LogP contribution in [0.25, 0.3) is 0 Å². The number of aliphatic hydroxyl groups excluding tert-OH is 1. The Hall–Kier alpha value is -2.61. The highest BCUT2D eigenvalue weighted by molar-refractivity contribution is 5.92. The molecule has 0 aliphatic carbocycles. The summed E-state index contributed by atoms with van der Waals surface area (Å²) in [7, 11) is 0. The molecule has 1 aromatic carbocycles. The quantitative estimate of drug-likeness (QED) is 0.398. The molecule has 192 valence electrons. The van der Waals surface area contributed by atoms with Crippen molar-refractivity contribution in [3.8, 4) is 0 Å². The highest BCUT2D eigenvalue weighted by Gasteiger charge is 2.37. The van der Waals surface area contributed by atoms with E-state index < -0.39 is 29.7 Å². The number of alkyl carbamates (subject to hydrolysis) is 1. The fraction of sp³-hybridized carbons (Fsp3) is 0.654. The SMILES string of the molecule is CCCCCNC(=O)C(c1cccc(C)c1)N(CCO)C(=O)C(NC(=O)OC(C)(C)C)C(C)C. The number of carbonyl (C=O) groups is 3. The molecule has 1 aromatic rings. The van der Waals surface area contributed by atoms with E-state index in [-0.39, 0.29) is 25.0 Å². The summed E-state index contributed by atoms with van der Waals surface area (Å²) in [4.78, 5) is 40.9. The number of amides is 3. The van der Waals surface area contributed by atoms with Gasteiger partial charge in [0.15, 0.2) is 0 Å². The number of nitrogens with zero attached hydrogens (tertiary/aromatic N) is 1. The zero-order chi connectivity index (χ0) is 25.9. The topological polar surface area (TPSA) is 108 Å². The van der Waals surface area contributed by atoms with Gasteiger partial charge in [-0.05, 0) is 45.6 Å². The van der Waals surface area contributed by atoms with Gasteiger partial charge in [0.2, 0.25) is 11.8 Å². The Labute approximate surface area is 204 Å². The first-order valence-electron chi connectivity index (χ1n) is 12.2. The summed E-state index contributed by atoms with van der Waals surface area (Å²) in [6.07, 6.45) is 2.15. The van der Waals surface area contributed by atoms with Crippen LogP contribution in [0.2, 0.25) is 0 Å². The number of benzene rings is 1. The summed E-state index contributed by atoms with van der Waals surface area (Å²) in [5.41, 5.74) is 0.876. The zero-order valence-corrected chi connectivity index (χ0v) is 21.8. The first-order chi connectivity index (χ1) is 15.9. The lowest BCUT2D eigenvalue weighted by molar-refractivity contribution is -0.143. The van der Waals surface area contributed by atoms with Crippen LogP contribution in [0, 0.1) is 12.8 Å². The van der Waals surface area contributed by atoms with Crippen LogP contribution < -0.4 is 10.6 Å². The van der Waals surface area contributed by atoms with E-state index in [9.17, 15) is 19.5 Å².